The van der Waals surface area contributed by atoms with Crippen LogP contribution in [0.15, 0.2) is 10.6 Å². The predicted molar refractivity (Wildman–Crippen MR) is 45.5 cm³/mol. The van der Waals surface area contributed by atoms with Gasteiger partial charge >= 0.3 is 0 Å². The van der Waals surface area contributed by atoms with Crippen molar-refractivity contribution in [2.45, 2.75) is 25.0 Å². The van der Waals surface area contributed by atoms with Gasteiger partial charge in [0, 0.05) is 6.42 Å². The summed E-state index contributed by atoms with van der Waals surface area (Å²) in [6.45, 7) is 1.47. The molecule has 0 atom stereocenters. The Balaban J connectivity index is 2.17. The zero-order valence-electron chi connectivity index (χ0n) is 6.31. The van der Waals surface area contributed by atoms with Crippen LogP contribution in [0.5, 0.6) is 0 Å². The largest absolute Gasteiger partial charge is 0.344 e. The smallest absolute Gasteiger partial charge is 0.189 e. The highest BCUT2D eigenvalue weighted by Gasteiger charge is 2.36. The Morgan fingerprint density at radius 1 is 1.36 bits per heavy atom. The Morgan fingerprint density at radius 2 is 2.09 bits per heavy atom. The molecule has 1 heterocycles. The van der Waals surface area contributed by atoms with E-state index < -0.39 is 0 Å². The van der Waals surface area contributed by atoms with E-state index in [0.29, 0.717) is 0 Å². The van der Waals surface area contributed by atoms with Crippen molar-refractivity contribution >= 4 is 15.9 Å². The molecule has 1 aliphatic heterocycles. The van der Waals surface area contributed by atoms with E-state index in [-0.39, 0.29) is 5.79 Å². The summed E-state index contributed by atoms with van der Waals surface area (Å²) >= 11 is 3.47. The second-order valence-corrected chi connectivity index (χ2v) is 3.97. The van der Waals surface area contributed by atoms with Crippen molar-refractivity contribution in [3.63, 3.8) is 0 Å². The van der Waals surface area contributed by atoms with Gasteiger partial charge in [-0.15, -0.1) is 0 Å². The van der Waals surface area contributed by atoms with E-state index >= 15 is 0 Å². The molecule has 1 fully saturated rings. The van der Waals surface area contributed by atoms with Gasteiger partial charge in [0.15, 0.2) is 5.79 Å². The molecule has 0 aromatic rings. The van der Waals surface area contributed by atoms with Crippen LogP contribution in [0.25, 0.3) is 0 Å². The van der Waals surface area contributed by atoms with Crippen molar-refractivity contribution in [1.82, 2.24) is 0 Å². The first-order valence-corrected chi connectivity index (χ1v) is 4.75. The molecule has 1 spiro atoms. The highest BCUT2D eigenvalue weighted by atomic mass is 79.9. The molecule has 0 amide bonds. The normalized spacial score (nSPS) is 29.0. The monoisotopic (exact) mass is 218 g/mol. The number of rotatable bonds is 0. The zero-order valence-corrected chi connectivity index (χ0v) is 7.89. The van der Waals surface area contributed by atoms with E-state index in [9.17, 15) is 0 Å². The molecular formula is C8H11BrO2. The molecule has 62 valence electrons. The number of halogens is 1. The first kappa shape index (κ1) is 7.77. The number of hydrogen-bond donors (Lipinski definition) is 0. The fourth-order valence-corrected chi connectivity index (χ4v) is 2.21. The van der Waals surface area contributed by atoms with Crippen LogP contribution in [0.1, 0.15) is 19.3 Å². The third-order valence-corrected chi connectivity index (χ3v) is 2.72. The van der Waals surface area contributed by atoms with Crippen LogP contribution in [0.2, 0.25) is 0 Å². The molecule has 0 aromatic heterocycles. The number of hydrogen-bond acceptors (Lipinski definition) is 2. The molecule has 0 bridgehead atoms. The van der Waals surface area contributed by atoms with Crippen molar-refractivity contribution < 1.29 is 9.47 Å². The second kappa shape index (κ2) is 2.88. The van der Waals surface area contributed by atoms with Crippen LogP contribution in [-0.4, -0.2) is 19.0 Å². The second-order valence-electron chi connectivity index (χ2n) is 2.95. The topological polar surface area (TPSA) is 18.5 Å². The molecule has 1 aliphatic carbocycles. The van der Waals surface area contributed by atoms with Gasteiger partial charge in [-0.05, 0) is 23.4 Å². The molecule has 0 saturated carbocycles. The summed E-state index contributed by atoms with van der Waals surface area (Å²) in [4.78, 5) is 0. The highest BCUT2D eigenvalue weighted by Crippen LogP contribution is 2.35. The lowest BCUT2D eigenvalue weighted by Crippen LogP contribution is -2.29. The van der Waals surface area contributed by atoms with Gasteiger partial charge in [0.25, 0.3) is 0 Å². The molecule has 0 aromatic carbocycles. The summed E-state index contributed by atoms with van der Waals surface area (Å²) in [5.74, 6) is -0.364. The Hall–Kier alpha value is 0.140. The third kappa shape index (κ3) is 1.50. The average molecular weight is 219 g/mol. The minimum Gasteiger partial charge on any atom is -0.344 e. The Morgan fingerprint density at radius 3 is 2.73 bits per heavy atom. The molecule has 11 heavy (non-hydrogen) atoms. The predicted octanol–water partition coefficient (Wildman–Crippen LogP) is 2.19. The fraction of sp³-hybridized carbons (Fsp3) is 0.750. The summed E-state index contributed by atoms with van der Waals surface area (Å²) in [5.41, 5.74) is 0. The van der Waals surface area contributed by atoms with Crippen LogP contribution in [-0.2, 0) is 9.47 Å². The van der Waals surface area contributed by atoms with Crippen molar-refractivity contribution in [3.05, 3.63) is 10.6 Å². The van der Waals surface area contributed by atoms with E-state index in [4.69, 9.17) is 9.47 Å². The molecule has 0 unspecified atom stereocenters. The zero-order chi connectivity index (χ0) is 7.73. The molecule has 0 radical (unpaired) electrons. The lowest BCUT2D eigenvalue weighted by Gasteiger charge is -2.27. The van der Waals surface area contributed by atoms with E-state index in [1.807, 2.05) is 0 Å². The first-order chi connectivity index (χ1) is 5.31. The van der Waals surface area contributed by atoms with Crippen molar-refractivity contribution in [2.24, 2.45) is 0 Å². The number of allylic oxidation sites excluding steroid dienone is 1. The van der Waals surface area contributed by atoms with Gasteiger partial charge in [-0.2, -0.15) is 0 Å². The Labute approximate surface area is 74.7 Å². The average Bonchev–Trinajstić information content (AvgIpc) is 2.37. The minimum atomic E-state index is -0.364. The maximum absolute atomic E-state index is 5.52. The van der Waals surface area contributed by atoms with Crippen LogP contribution in [0.3, 0.4) is 0 Å². The molecule has 1 saturated heterocycles. The van der Waals surface area contributed by atoms with Crippen molar-refractivity contribution in [2.75, 3.05) is 13.2 Å². The molecule has 2 rings (SSSR count). The van der Waals surface area contributed by atoms with Gasteiger partial charge in [-0.3, -0.25) is 0 Å². The fourth-order valence-electron chi connectivity index (χ4n) is 1.58. The highest BCUT2D eigenvalue weighted by molar-refractivity contribution is 9.11. The van der Waals surface area contributed by atoms with E-state index in [1.54, 1.807) is 0 Å². The summed E-state index contributed by atoms with van der Waals surface area (Å²) in [6, 6.07) is 0. The van der Waals surface area contributed by atoms with Gasteiger partial charge in [-0.25, -0.2) is 0 Å². The lowest BCUT2D eigenvalue weighted by molar-refractivity contribution is -0.124. The quantitative estimate of drug-likeness (QED) is 0.621. The van der Waals surface area contributed by atoms with Gasteiger partial charge in [0.2, 0.25) is 0 Å². The van der Waals surface area contributed by atoms with Gasteiger partial charge in [-0.1, -0.05) is 15.9 Å². The summed E-state index contributed by atoms with van der Waals surface area (Å²) in [5, 5.41) is 0. The van der Waals surface area contributed by atoms with E-state index in [1.165, 1.54) is 4.48 Å². The Bertz CT molecular complexity index is 183. The van der Waals surface area contributed by atoms with Gasteiger partial charge in [0.05, 0.1) is 13.2 Å². The SMILES string of the molecule is BrC1=CC2(CCC1)OCCO2. The standard InChI is InChI=1S/C8H11BrO2/c9-7-2-1-3-8(6-7)10-4-5-11-8/h6H,1-5H2. The number of ether oxygens (including phenoxy) is 2. The van der Waals surface area contributed by atoms with E-state index in [2.05, 4.69) is 22.0 Å². The molecule has 3 heteroatoms. The lowest BCUT2D eigenvalue weighted by atomic mass is 10.0. The maximum Gasteiger partial charge on any atom is 0.189 e. The van der Waals surface area contributed by atoms with Gasteiger partial charge in [0.1, 0.15) is 0 Å². The van der Waals surface area contributed by atoms with Gasteiger partial charge < -0.3 is 9.47 Å². The molecular weight excluding hydrogens is 208 g/mol. The van der Waals surface area contributed by atoms with E-state index in [0.717, 1.165) is 32.5 Å². The maximum atomic E-state index is 5.52. The molecule has 0 N–H and O–H groups in total. The minimum absolute atomic E-state index is 0.364. The molecule has 2 aliphatic rings. The van der Waals surface area contributed by atoms with Crippen LogP contribution in [0.4, 0.5) is 0 Å². The summed E-state index contributed by atoms with van der Waals surface area (Å²) < 4.78 is 12.3. The molecule has 2 nitrogen and oxygen atoms in total. The Kier molecular flexibility index (Phi) is 2.04. The van der Waals surface area contributed by atoms with Crippen molar-refractivity contribution in [1.29, 1.82) is 0 Å². The van der Waals surface area contributed by atoms with Crippen LogP contribution >= 0.6 is 15.9 Å². The summed E-state index contributed by atoms with van der Waals surface area (Å²) in [7, 11) is 0. The van der Waals surface area contributed by atoms with Crippen molar-refractivity contribution in [3.8, 4) is 0 Å². The third-order valence-electron chi connectivity index (χ3n) is 2.09. The van der Waals surface area contributed by atoms with Crippen LogP contribution in [0, 0.1) is 0 Å². The van der Waals surface area contributed by atoms with Crippen LogP contribution < -0.4 is 0 Å². The first-order valence-electron chi connectivity index (χ1n) is 3.96. The summed E-state index contributed by atoms with van der Waals surface area (Å²) in [6.07, 6.45) is 5.33.